The van der Waals surface area contributed by atoms with Gasteiger partial charge in [-0.05, 0) is 44.5 Å². The largest absolute Gasteiger partial charge is 0.496 e. The third-order valence-corrected chi connectivity index (χ3v) is 3.64. The average molecular weight is 312 g/mol. The Balaban J connectivity index is 2.18. The Morgan fingerprint density at radius 2 is 1.70 bits per heavy atom. The fourth-order valence-corrected chi connectivity index (χ4v) is 2.31. The second-order valence-corrected chi connectivity index (χ2v) is 5.43. The number of benzene rings is 2. The van der Waals surface area contributed by atoms with Gasteiger partial charge in [0.25, 0.3) is 0 Å². The molecule has 2 aromatic carbocycles. The zero-order valence-corrected chi connectivity index (χ0v) is 13.8. The van der Waals surface area contributed by atoms with E-state index >= 15 is 0 Å². The molecule has 1 atom stereocenters. The maximum Gasteiger partial charge on any atom is 0.342 e. The lowest BCUT2D eigenvalue weighted by molar-refractivity contribution is 0.0315. The van der Waals surface area contributed by atoms with Crippen molar-refractivity contribution < 1.29 is 19.1 Å². The van der Waals surface area contributed by atoms with E-state index in [-0.39, 0.29) is 5.78 Å². The fraction of sp³-hybridized carbons (Fsp3) is 0.263. The van der Waals surface area contributed by atoms with Crippen molar-refractivity contribution in [3.05, 3.63) is 64.7 Å². The quantitative estimate of drug-likeness (QED) is 0.623. The molecule has 0 N–H and O–H groups in total. The zero-order valence-electron chi connectivity index (χ0n) is 13.8. The first kappa shape index (κ1) is 16.7. The highest BCUT2D eigenvalue weighted by molar-refractivity contribution is 6.02. The molecule has 4 heteroatoms. The average Bonchev–Trinajstić information content (AvgIpc) is 2.56. The van der Waals surface area contributed by atoms with Crippen molar-refractivity contribution in [1.82, 2.24) is 0 Å². The molecule has 0 unspecified atom stereocenters. The molecule has 0 bridgehead atoms. The number of hydrogen-bond acceptors (Lipinski definition) is 4. The SMILES string of the molecule is COc1ccccc1C(=O)O[C@H](C)C(=O)c1cc(C)ccc1C. The molecular formula is C19H20O4. The van der Waals surface area contributed by atoms with Crippen molar-refractivity contribution >= 4 is 11.8 Å². The molecule has 0 saturated heterocycles. The highest BCUT2D eigenvalue weighted by Crippen LogP contribution is 2.20. The van der Waals surface area contributed by atoms with E-state index in [9.17, 15) is 9.59 Å². The van der Waals surface area contributed by atoms with Crippen LogP contribution in [0.3, 0.4) is 0 Å². The number of hydrogen-bond donors (Lipinski definition) is 0. The Morgan fingerprint density at radius 1 is 1.00 bits per heavy atom. The summed E-state index contributed by atoms with van der Waals surface area (Å²) in [6, 6.07) is 12.4. The predicted octanol–water partition coefficient (Wildman–Crippen LogP) is 3.74. The number of rotatable bonds is 5. The first-order valence-electron chi connectivity index (χ1n) is 7.39. The smallest absolute Gasteiger partial charge is 0.342 e. The summed E-state index contributed by atoms with van der Waals surface area (Å²) < 4.78 is 10.5. The van der Waals surface area contributed by atoms with Gasteiger partial charge in [-0.2, -0.15) is 0 Å². The summed E-state index contributed by atoms with van der Waals surface area (Å²) in [6.45, 7) is 5.36. The number of aryl methyl sites for hydroxylation is 2. The molecule has 4 nitrogen and oxygen atoms in total. The predicted molar refractivity (Wildman–Crippen MR) is 88.1 cm³/mol. The summed E-state index contributed by atoms with van der Waals surface area (Å²) in [7, 11) is 1.48. The van der Waals surface area contributed by atoms with Crippen LogP contribution in [0, 0.1) is 13.8 Å². The first-order chi connectivity index (χ1) is 10.9. The van der Waals surface area contributed by atoms with Crippen molar-refractivity contribution in [2.75, 3.05) is 7.11 Å². The lowest BCUT2D eigenvalue weighted by atomic mass is 9.99. The normalized spacial score (nSPS) is 11.7. The molecule has 0 heterocycles. The van der Waals surface area contributed by atoms with Crippen LogP contribution in [0.15, 0.2) is 42.5 Å². The Bertz CT molecular complexity index is 734. The van der Waals surface area contributed by atoms with Gasteiger partial charge in [-0.15, -0.1) is 0 Å². The Morgan fingerprint density at radius 3 is 2.39 bits per heavy atom. The third-order valence-electron chi connectivity index (χ3n) is 3.64. The van der Waals surface area contributed by atoms with E-state index in [1.54, 1.807) is 31.2 Å². The number of ether oxygens (including phenoxy) is 2. The summed E-state index contributed by atoms with van der Waals surface area (Å²) >= 11 is 0. The minimum atomic E-state index is -0.868. The molecule has 0 aliphatic rings. The van der Waals surface area contributed by atoms with E-state index in [1.807, 2.05) is 32.0 Å². The molecule has 0 fully saturated rings. The Labute approximate surface area is 136 Å². The maximum atomic E-state index is 12.5. The maximum absolute atomic E-state index is 12.5. The molecule has 2 aromatic rings. The van der Waals surface area contributed by atoms with Gasteiger partial charge in [-0.3, -0.25) is 4.79 Å². The first-order valence-corrected chi connectivity index (χ1v) is 7.39. The molecule has 23 heavy (non-hydrogen) atoms. The number of para-hydroxylation sites is 1. The zero-order chi connectivity index (χ0) is 17.0. The summed E-state index contributed by atoms with van der Waals surface area (Å²) in [4.78, 5) is 24.8. The number of esters is 1. The van der Waals surface area contributed by atoms with E-state index in [1.165, 1.54) is 7.11 Å². The molecule has 2 rings (SSSR count). The topological polar surface area (TPSA) is 52.6 Å². The summed E-state index contributed by atoms with van der Waals surface area (Å²) in [5, 5.41) is 0. The number of carbonyl (C=O) groups excluding carboxylic acids is 2. The molecule has 0 amide bonds. The minimum Gasteiger partial charge on any atom is -0.496 e. The molecule has 0 saturated carbocycles. The number of methoxy groups -OCH3 is 1. The van der Waals surface area contributed by atoms with Crippen LogP contribution < -0.4 is 4.74 Å². The van der Waals surface area contributed by atoms with E-state index in [4.69, 9.17) is 9.47 Å². The van der Waals surface area contributed by atoms with Gasteiger partial charge in [0.2, 0.25) is 5.78 Å². The van der Waals surface area contributed by atoms with Crippen LogP contribution >= 0.6 is 0 Å². The van der Waals surface area contributed by atoms with Crippen molar-refractivity contribution in [1.29, 1.82) is 0 Å². The van der Waals surface area contributed by atoms with Crippen LogP contribution in [-0.2, 0) is 4.74 Å². The van der Waals surface area contributed by atoms with Crippen LogP contribution in [0.5, 0.6) is 5.75 Å². The second kappa shape index (κ2) is 7.09. The number of Topliss-reactive ketones (excluding diaryl/α,β-unsaturated/α-hetero) is 1. The Kier molecular flexibility index (Phi) is 5.16. The fourth-order valence-electron chi connectivity index (χ4n) is 2.31. The standard InChI is InChI=1S/C19H20O4/c1-12-9-10-13(2)16(11-12)18(20)14(3)23-19(21)15-7-5-6-8-17(15)22-4/h5-11,14H,1-4H3/t14-/m1/s1. The highest BCUT2D eigenvalue weighted by atomic mass is 16.5. The highest BCUT2D eigenvalue weighted by Gasteiger charge is 2.23. The lowest BCUT2D eigenvalue weighted by Gasteiger charge is -2.15. The summed E-state index contributed by atoms with van der Waals surface area (Å²) in [5.41, 5.74) is 2.73. The van der Waals surface area contributed by atoms with Crippen LogP contribution in [0.25, 0.3) is 0 Å². The van der Waals surface area contributed by atoms with Crippen LogP contribution in [-0.4, -0.2) is 25.0 Å². The molecular weight excluding hydrogens is 292 g/mol. The second-order valence-electron chi connectivity index (χ2n) is 5.43. The van der Waals surface area contributed by atoms with Crippen LogP contribution in [0.4, 0.5) is 0 Å². The van der Waals surface area contributed by atoms with Crippen molar-refractivity contribution in [2.24, 2.45) is 0 Å². The number of ketones is 1. The van der Waals surface area contributed by atoms with Gasteiger partial charge in [0.05, 0.1) is 7.11 Å². The third kappa shape index (κ3) is 3.77. The van der Waals surface area contributed by atoms with Gasteiger partial charge in [0, 0.05) is 5.56 Å². The Hall–Kier alpha value is -2.62. The van der Waals surface area contributed by atoms with Gasteiger partial charge in [0.15, 0.2) is 6.10 Å². The van der Waals surface area contributed by atoms with Gasteiger partial charge < -0.3 is 9.47 Å². The van der Waals surface area contributed by atoms with Crippen molar-refractivity contribution in [3.63, 3.8) is 0 Å². The van der Waals surface area contributed by atoms with Crippen molar-refractivity contribution in [2.45, 2.75) is 26.9 Å². The summed E-state index contributed by atoms with van der Waals surface area (Å²) in [6.07, 6.45) is -0.868. The molecule has 0 aliphatic carbocycles. The molecule has 0 aromatic heterocycles. The molecule has 120 valence electrons. The molecule has 0 aliphatic heterocycles. The van der Waals surface area contributed by atoms with Gasteiger partial charge in [0.1, 0.15) is 11.3 Å². The summed E-state index contributed by atoms with van der Waals surface area (Å²) in [5.74, 6) is -0.369. The van der Waals surface area contributed by atoms with Gasteiger partial charge in [-0.1, -0.05) is 29.8 Å². The minimum absolute atomic E-state index is 0.213. The molecule has 0 radical (unpaired) electrons. The van der Waals surface area contributed by atoms with Crippen LogP contribution in [0.1, 0.15) is 38.8 Å². The van der Waals surface area contributed by atoms with Gasteiger partial charge in [-0.25, -0.2) is 4.79 Å². The monoisotopic (exact) mass is 312 g/mol. The van der Waals surface area contributed by atoms with E-state index in [0.29, 0.717) is 16.9 Å². The van der Waals surface area contributed by atoms with Gasteiger partial charge >= 0.3 is 5.97 Å². The van der Waals surface area contributed by atoms with E-state index in [2.05, 4.69) is 0 Å². The van der Waals surface area contributed by atoms with E-state index < -0.39 is 12.1 Å². The number of carbonyl (C=O) groups is 2. The van der Waals surface area contributed by atoms with E-state index in [0.717, 1.165) is 11.1 Å². The van der Waals surface area contributed by atoms with Crippen molar-refractivity contribution in [3.8, 4) is 5.75 Å². The van der Waals surface area contributed by atoms with Crippen LogP contribution in [0.2, 0.25) is 0 Å². The lowest BCUT2D eigenvalue weighted by Crippen LogP contribution is -2.25. The molecule has 0 spiro atoms.